The number of rotatable bonds is 5. The summed E-state index contributed by atoms with van der Waals surface area (Å²) in [6, 6.07) is 3.75. The molecule has 0 unspecified atom stereocenters. The van der Waals surface area contributed by atoms with Crippen molar-refractivity contribution in [3.8, 4) is 0 Å². The quantitative estimate of drug-likeness (QED) is 0.625. The van der Waals surface area contributed by atoms with Gasteiger partial charge in [0.2, 0.25) is 0 Å². The fraction of sp³-hybridized carbons (Fsp3) is 0.273. The molecule has 0 bridgehead atoms. The van der Waals surface area contributed by atoms with Crippen molar-refractivity contribution in [1.29, 1.82) is 0 Å². The van der Waals surface area contributed by atoms with Gasteiger partial charge >= 0.3 is 5.97 Å². The van der Waals surface area contributed by atoms with Gasteiger partial charge in [0.1, 0.15) is 6.54 Å². The van der Waals surface area contributed by atoms with Crippen LogP contribution in [-0.2, 0) is 9.53 Å². The zero-order valence-corrected chi connectivity index (χ0v) is 10.8. The summed E-state index contributed by atoms with van der Waals surface area (Å²) < 4.78 is 4.64. The van der Waals surface area contributed by atoms with Crippen molar-refractivity contribution < 1.29 is 19.5 Å². The van der Waals surface area contributed by atoms with Gasteiger partial charge in [-0.25, -0.2) is 0 Å². The molecule has 0 atom stereocenters. The molecule has 1 rings (SSSR count). The van der Waals surface area contributed by atoms with Crippen LogP contribution < -0.4 is 10.5 Å². The molecular weight excluding hydrogens is 276 g/mol. The van der Waals surface area contributed by atoms with E-state index in [2.05, 4.69) is 10.1 Å². The predicted octanol–water partition coefficient (Wildman–Crippen LogP) is 1.33. The Morgan fingerprint density at radius 3 is 2.79 bits per heavy atom. The number of amides is 1. The zero-order valence-electron chi connectivity index (χ0n) is 10.1. The molecule has 0 saturated carbocycles. The molecule has 1 amide bonds. The van der Waals surface area contributed by atoms with E-state index in [4.69, 9.17) is 16.8 Å². The average molecular weight is 288 g/mol. The number of hydrogen-bond donors (Lipinski definition) is 2. The Morgan fingerprint density at radius 1 is 1.53 bits per heavy atom. The van der Waals surface area contributed by atoms with E-state index < -0.39 is 17.1 Å². The Balaban J connectivity index is 2.72. The highest BCUT2D eigenvalue weighted by molar-refractivity contribution is 6.33. The lowest BCUT2D eigenvalue weighted by Crippen LogP contribution is -2.30. The molecule has 104 valence electrons. The van der Waals surface area contributed by atoms with Gasteiger partial charge in [0.15, 0.2) is 0 Å². The van der Waals surface area contributed by atoms with Crippen LogP contribution in [0.3, 0.4) is 0 Å². The number of nitrogens with zero attached hydrogens (tertiary/aromatic N) is 1. The second-order valence-corrected chi connectivity index (χ2v) is 3.83. The minimum Gasteiger partial charge on any atom is -0.733 e. The lowest BCUT2D eigenvalue weighted by Gasteiger charge is -2.23. The minimum atomic E-state index is -0.590. The Morgan fingerprint density at radius 2 is 2.21 bits per heavy atom. The van der Waals surface area contributed by atoms with Gasteiger partial charge in [-0.1, -0.05) is 11.6 Å². The first kappa shape index (κ1) is 15.2. The first-order chi connectivity index (χ1) is 8.95. The number of benzene rings is 1. The zero-order chi connectivity index (χ0) is 14.4. The summed E-state index contributed by atoms with van der Waals surface area (Å²) in [5.74, 6) is -1.16. The minimum absolute atomic E-state index is 0.000516. The number of nitrogens with one attached hydrogen (secondary N) is 1. The van der Waals surface area contributed by atoms with Crippen molar-refractivity contribution in [3.05, 3.63) is 34.0 Å². The van der Waals surface area contributed by atoms with Gasteiger partial charge in [0.05, 0.1) is 17.3 Å². The van der Waals surface area contributed by atoms with Gasteiger partial charge in [0.25, 0.3) is 5.91 Å². The molecule has 1 aromatic carbocycles. The van der Waals surface area contributed by atoms with Crippen molar-refractivity contribution in [2.24, 2.45) is 0 Å². The molecule has 0 spiro atoms. The number of ether oxygens (including phenoxy) is 1. The monoisotopic (exact) mass is 287 g/mol. The van der Waals surface area contributed by atoms with Gasteiger partial charge in [-0.05, 0) is 25.1 Å². The van der Waals surface area contributed by atoms with Crippen LogP contribution in [0, 0.1) is 5.21 Å². The number of anilines is 1. The maximum atomic E-state index is 11.7. The number of carbonyl (C=O) groups is 2. The summed E-state index contributed by atoms with van der Waals surface area (Å²) in [5.41, 5.74) is -0.177. The molecule has 0 radical (unpaired) electrons. The maximum Gasteiger partial charge on any atom is 0.325 e. The first-order valence-electron chi connectivity index (χ1n) is 5.35. The van der Waals surface area contributed by atoms with Crippen LogP contribution in [0.5, 0.6) is 0 Å². The number of halogens is 1. The van der Waals surface area contributed by atoms with E-state index in [1.165, 1.54) is 12.1 Å². The Bertz CT molecular complexity index is 478. The second-order valence-electron chi connectivity index (χ2n) is 3.43. The van der Waals surface area contributed by atoms with Crippen LogP contribution in [0.25, 0.3) is 0 Å². The Labute approximate surface area is 114 Å². The molecule has 0 aliphatic rings. The smallest absolute Gasteiger partial charge is 0.325 e. The van der Waals surface area contributed by atoms with Crippen molar-refractivity contribution in [2.75, 3.05) is 18.4 Å². The third kappa shape index (κ3) is 4.40. The summed E-state index contributed by atoms with van der Waals surface area (Å²) in [4.78, 5) is 22.7. The van der Waals surface area contributed by atoms with E-state index in [-0.39, 0.29) is 29.4 Å². The van der Waals surface area contributed by atoms with E-state index in [1.54, 1.807) is 6.92 Å². The van der Waals surface area contributed by atoms with Crippen LogP contribution in [0.15, 0.2) is 18.2 Å². The van der Waals surface area contributed by atoms with Crippen LogP contribution in [-0.4, -0.2) is 30.2 Å². The topological polar surface area (TPSA) is 102 Å². The highest BCUT2D eigenvalue weighted by Crippen LogP contribution is 2.25. The van der Waals surface area contributed by atoms with E-state index in [0.717, 1.165) is 6.07 Å². The molecule has 0 heterocycles. The van der Waals surface area contributed by atoms with Crippen LogP contribution in [0.1, 0.15) is 17.3 Å². The number of esters is 1. The van der Waals surface area contributed by atoms with Crippen molar-refractivity contribution >= 4 is 29.2 Å². The summed E-state index contributed by atoms with van der Waals surface area (Å²) >= 11 is 5.66. The lowest BCUT2D eigenvalue weighted by atomic mass is 10.2. The van der Waals surface area contributed by atoms with Crippen molar-refractivity contribution in [3.63, 3.8) is 0 Å². The fourth-order valence-corrected chi connectivity index (χ4v) is 1.46. The van der Waals surface area contributed by atoms with E-state index in [1.807, 2.05) is 0 Å². The molecule has 0 aliphatic heterocycles. The molecule has 7 nitrogen and oxygen atoms in total. The van der Waals surface area contributed by atoms with Crippen LogP contribution in [0.2, 0.25) is 5.02 Å². The number of carbonyl (C=O) groups excluding carboxylic acids is 2. The molecule has 19 heavy (non-hydrogen) atoms. The highest BCUT2D eigenvalue weighted by Gasteiger charge is 2.11. The van der Waals surface area contributed by atoms with Gasteiger partial charge in [0, 0.05) is 5.56 Å². The normalized spacial score (nSPS) is 9.89. The summed E-state index contributed by atoms with van der Waals surface area (Å²) in [5, 5.41) is 21.4. The van der Waals surface area contributed by atoms with E-state index in [9.17, 15) is 14.8 Å². The highest BCUT2D eigenvalue weighted by atomic mass is 35.5. The van der Waals surface area contributed by atoms with Crippen molar-refractivity contribution in [2.45, 2.75) is 6.92 Å². The Kier molecular flexibility index (Phi) is 5.56. The number of hydrogen-bond acceptors (Lipinski definition) is 6. The fourth-order valence-electron chi connectivity index (χ4n) is 1.27. The average Bonchev–Trinajstić information content (AvgIpc) is 2.36. The van der Waals surface area contributed by atoms with E-state index in [0.29, 0.717) is 0 Å². The second kappa shape index (κ2) is 6.93. The predicted molar refractivity (Wildman–Crippen MR) is 68.1 cm³/mol. The molecule has 0 aliphatic carbocycles. The van der Waals surface area contributed by atoms with Gasteiger partial charge in [-0.15, -0.1) is 0 Å². The van der Waals surface area contributed by atoms with Gasteiger partial charge in [-0.3, -0.25) is 14.8 Å². The largest absolute Gasteiger partial charge is 0.733 e. The molecule has 0 aromatic heterocycles. The van der Waals surface area contributed by atoms with Crippen LogP contribution >= 0.6 is 11.6 Å². The lowest BCUT2D eigenvalue weighted by molar-refractivity contribution is -0.141. The molecule has 0 saturated heterocycles. The van der Waals surface area contributed by atoms with Gasteiger partial charge in [-0.2, -0.15) is 0 Å². The van der Waals surface area contributed by atoms with Gasteiger partial charge < -0.3 is 20.5 Å². The standard InChI is InChI=1S/C11H12ClN2O5/c1-2-19-10(15)6-13-11(16)7-3-4-8(12)9(5-7)14(17)18/h3-5,17H,2,6H2,1H3,(H,13,16)/q-1. The third-order valence-electron chi connectivity index (χ3n) is 2.11. The third-order valence-corrected chi connectivity index (χ3v) is 2.43. The van der Waals surface area contributed by atoms with Crippen molar-refractivity contribution in [1.82, 2.24) is 5.32 Å². The van der Waals surface area contributed by atoms with E-state index >= 15 is 0 Å². The Hall–Kier alpha value is -1.83. The molecular formula is C11H12ClN2O5-. The SMILES string of the molecule is CCOC(=O)CNC(=O)c1ccc(Cl)c(N([O-])O)c1. The molecule has 2 N–H and O–H groups in total. The molecule has 8 heteroatoms. The summed E-state index contributed by atoms with van der Waals surface area (Å²) in [6.07, 6.45) is 0. The summed E-state index contributed by atoms with van der Waals surface area (Å²) in [6.45, 7) is 1.58. The molecule has 0 fully saturated rings. The molecule has 1 aromatic rings. The summed E-state index contributed by atoms with van der Waals surface area (Å²) in [7, 11) is 0. The van der Waals surface area contributed by atoms with Crippen LogP contribution in [0.4, 0.5) is 5.69 Å². The first-order valence-corrected chi connectivity index (χ1v) is 5.73. The maximum absolute atomic E-state index is 11.7.